The summed E-state index contributed by atoms with van der Waals surface area (Å²) in [5, 5.41) is 13.1. The molecule has 1 unspecified atom stereocenters. The van der Waals surface area contributed by atoms with Crippen LogP contribution in [0.1, 0.15) is 59.9 Å². The van der Waals surface area contributed by atoms with E-state index in [1.807, 2.05) is 29.8 Å². The van der Waals surface area contributed by atoms with Gasteiger partial charge in [-0.1, -0.05) is 61.4 Å². The number of carbonyl (C=O) groups is 1. The van der Waals surface area contributed by atoms with Crippen LogP contribution in [0.25, 0.3) is 0 Å². The predicted molar refractivity (Wildman–Crippen MR) is 138 cm³/mol. The van der Waals surface area contributed by atoms with Crippen molar-refractivity contribution in [3.63, 3.8) is 0 Å². The second-order valence-corrected chi connectivity index (χ2v) is 9.99. The van der Waals surface area contributed by atoms with E-state index in [0.717, 1.165) is 28.2 Å². The lowest BCUT2D eigenvalue weighted by Crippen LogP contribution is -2.32. The number of thioether (sulfide) groups is 1. The van der Waals surface area contributed by atoms with Gasteiger partial charge in [0.25, 0.3) is 5.91 Å². The van der Waals surface area contributed by atoms with E-state index >= 15 is 0 Å². The van der Waals surface area contributed by atoms with Crippen LogP contribution in [-0.2, 0) is 13.5 Å². The van der Waals surface area contributed by atoms with Crippen molar-refractivity contribution in [2.75, 3.05) is 20.0 Å². The van der Waals surface area contributed by atoms with Crippen LogP contribution in [0.2, 0.25) is 0 Å². The van der Waals surface area contributed by atoms with Crippen LogP contribution in [0.15, 0.2) is 53.7 Å². The van der Waals surface area contributed by atoms with Gasteiger partial charge < -0.3 is 19.4 Å². The van der Waals surface area contributed by atoms with Crippen molar-refractivity contribution in [3.8, 4) is 11.5 Å². The SMILES string of the molecule is COc1ccc(C(=O)NC(Cc2ccccc2)c2nnc(SCC3CCCCC3)n2C)cc1OC. The van der Waals surface area contributed by atoms with E-state index in [2.05, 4.69) is 27.6 Å². The Labute approximate surface area is 211 Å². The Morgan fingerprint density at radius 1 is 1.06 bits per heavy atom. The first-order valence-electron chi connectivity index (χ1n) is 12.2. The molecule has 8 heteroatoms. The molecule has 1 saturated carbocycles. The second-order valence-electron chi connectivity index (χ2n) is 9.00. The number of methoxy groups -OCH3 is 2. The van der Waals surface area contributed by atoms with E-state index in [0.29, 0.717) is 23.5 Å². The van der Waals surface area contributed by atoms with Crippen LogP contribution in [0, 0.1) is 5.92 Å². The molecule has 0 spiro atoms. The van der Waals surface area contributed by atoms with Crippen LogP contribution in [0.4, 0.5) is 0 Å². The topological polar surface area (TPSA) is 78.3 Å². The summed E-state index contributed by atoms with van der Waals surface area (Å²) >= 11 is 1.77. The lowest BCUT2D eigenvalue weighted by Gasteiger charge is -2.21. The summed E-state index contributed by atoms with van der Waals surface area (Å²) < 4.78 is 12.7. The summed E-state index contributed by atoms with van der Waals surface area (Å²) in [4.78, 5) is 13.3. The largest absolute Gasteiger partial charge is 0.493 e. The molecule has 1 fully saturated rings. The lowest BCUT2D eigenvalue weighted by molar-refractivity contribution is 0.0933. The number of nitrogens with zero attached hydrogens (tertiary/aromatic N) is 3. The Morgan fingerprint density at radius 2 is 1.80 bits per heavy atom. The van der Waals surface area contributed by atoms with Crippen LogP contribution in [-0.4, -0.2) is 40.6 Å². The lowest BCUT2D eigenvalue weighted by atomic mass is 9.91. The molecule has 186 valence electrons. The Morgan fingerprint density at radius 3 is 2.51 bits per heavy atom. The number of ether oxygens (including phenoxy) is 2. The summed E-state index contributed by atoms with van der Waals surface area (Å²) in [6, 6.07) is 14.9. The molecule has 1 aliphatic rings. The Bertz CT molecular complexity index is 1110. The highest BCUT2D eigenvalue weighted by Crippen LogP contribution is 2.31. The van der Waals surface area contributed by atoms with Gasteiger partial charge in [-0.25, -0.2) is 0 Å². The standard InChI is InChI=1S/C27H34N4O3S/c1-31-25(29-30-27(31)35-18-20-12-8-5-9-13-20)22(16-19-10-6-4-7-11-19)28-26(32)21-14-15-23(33-2)24(17-21)34-3/h4,6-7,10-11,14-15,17,20,22H,5,8-9,12-13,16,18H2,1-3H3,(H,28,32). The minimum atomic E-state index is -0.334. The number of carbonyl (C=O) groups excluding carboxylic acids is 1. The highest BCUT2D eigenvalue weighted by atomic mass is 32.2. The fourth-order valence-corrected chi connectivity index (χ4v) is 5.68. The van der Waals surface area contributed by atoms with Crippen LogP contribution < -0.4 is 14.8 Å². The van der Waals surface area contributed by atoms with Crippen molar-refractivity contribution in [3.05, 3.63) is 65.5 Å². The maximum Gasteiger partial charge on any atom is 0.252 e. The maximum absolute atomic E-state index is 13.3. The molecular formula is C27H34N4O3S. The molecule has 7 nitrogen and oxygen atoms in total. The van der Waals surface area contributed by atoms with Gasteiger partial charge in [-0.15, -0.1) is 10.2 Å². The van der Waals surface area contributed by atoms with Gasteiger partial charge in [0.05, 0.1) is 20.3 Å². The average Bonchev–Trinajstić information content (AvgIpc) is 3.27. The number of rotatable bonds is 10. The summed E-state index contributed by atoms with van der Waals surface area (Å²) in [5.74, 6) is 3.45. The Kier molecular flexibility index (Phi) is 8.69. The molecular weight excluding hydrogens is 460 g/mol. The van der Waals surface area contributed by atoms with Crippen molar-refractivity contribution in [2.45, 2.75) is 49.7 Å². The van der Waals surface area contributed by atoms with Gasteiger partial charge >= 0.3 is 0 Å². The summed E-state index contributed by atoms with van der Waals surface area (Å²) in [6.07, 6.45) is 7.23. The van der Waals surface area contributed by atoms with Crippen molar-refractivity contribution in [1.82, 2.24) is 20.1 Å². The Balaban J connectivity index is 1.54. The summed E-state index contributed by atoms with van der Waals surface area (Å²) in [6.45, 7) is 0. The molecule has 4 rings (SSSR count). The number of nitrogens with one attached hydrogen (secondary N) is 1. The number of amides is 1. The summed E-state index contributed by atoms with van der Waals surface area (Å²) in [7, 11) is 5.12. The van der Waals surface area contributed by atoms with Gasteiger partial charge in [0.1, 0.15) is 0 Å². The molecule has 0 bridgehead atoms. The van der Waals surface area contributed by atoms with Gasteiger partial charge in [-0.3, -0.25) is 4.79 Å². The van der Waals surface area contributed by atoms with Gasteiger partial charge in [-0.05, 0) is 48.9 Å². The zero-order valence-electron chi connectivity index (χ0n) is 20.7. The van der Waals surface area contributed by atoms with E-state index in [-0.39, 0.29) is 11.9 Å². The predicted octanol–water partition coefficient (Wildman–Crippen LogP) is 5.22. The molecule has 1 amide bonds. The minimum Gasteiger partial charge on any atom is -0.493 e. The molecule has 1 aliphatic carbocycles. The van der Waals surface area contributed by atoms with Crippen LogP contribution in [0.3, 0.4) is 0 Å². The molecule has 0 saturated heterocycles. The molecule has 35 heavy (non-hydrogen) atoms. The number of hydrogen-bond donors (Lipinski definition) is 1. The number of hydrogen-bond acceptors (Lipinski definition) is 6. The maximum atomic E-state index is 13.3. The summed E-state index contributed by atoms with van der Waals surface area (Å²) in [5.41, 5.74) is 1.61. The van der Waals surface area contributed by atoms with E-state index < -0.39 is 0 Å². The zero-order chi connectivity index (χ0) is 24.6. The second kappa shape index (κ2) is 12.1. The Hall–Kier alpha value is -3.00. The zero-order valence-corrected chi connectivity index (χ0v) is 21.5. The van der Waals surface area contributed by atoms with Crippen molar-refractivity contribution in [2.24, 2.45) is 13.0 Å². The van der Waals surface area contributed by atoms with Gasteiger partial charge in [0, 0.05) is 18.4 Å². The van der Waals surface area contributed by atoms with Gasteiger partial charge in [0.15, 0.2) is 22.5 Å². The first-order valence-corrected chi connectivity index (χ1v) is 13.2. The number of benzene rings is 2. The normalized spacial score (nSPS) is 14.9. The van der Waals surface area contributed by atoms with Crippen molar-refractivity contribution >= 4 is 17.7 Å². The van der Waals surface area contributed by atoms with Gasteiger partial charge in [0.2, 0.25) is 0 Å². The van der Waals surface area contributed by atoms with E-state index in [4.69, 9.17) is 9.47 Å². The van der Waals surface area contributed by atoms with Gasteiger partial charge in [-0.2, -0.15) is 0 Å². The molecule has 3 aromatic rings. The van der Waals surface area contributed by atoms with Crippen molar-refractivity contribution in [1.29, 1.82) is 0 Å². The molecule has 2 aromatic carbocycles. The number of aromatic nitrogens is 3. The first-order chi connectivity index (χ1) is 17.1. The molecule has 1 aromatic heterocycles. The molecule has 1 atom stereocenters. The highest BCUT2D eigenvalue weighted by Gasteiger charge is 2.24. The highest BCUT2D eigenvalue weighted by molar-refractivity contribution is 7.99. The third kappa shape index (κ3) is 6.36. The van der Waals surface area contributed by atoms with Crippen LogP contribution >= 0.6 is 11.8 Å². The first kappa shape index (κ1) is 25.1. The molecule has 1 heterocycles. The van der Waals surface area contributed by atoms with Crippen LogP contribution in [0.5, 0.6) is 11.5 Å². The molecule has 0 aliphatic heterocycles. The quantitative estimate of drug-likeness (QED) is 0.390. The third-order valence-electron chi connectivity index (χ3n) is 6.59. The smallest absolute Gasteiger partial charge is 0.252 e. The van der Waals surface area contributed by atoms with E-state index in [1.54, 1.807) is 44.2 Å². The fraction of sp³-hybridized carbons (Fsp3) is 0.444. The monoisotopic (exact) mass is 494 g/mol. The third-order valence-corrected chi connectivity index (χ3v) is 7.84. The average molecular weight is 495 g/mol. The van der Waals surface area contributed by atoms with E-state index in [1.165, 1.54) is 32.1 Å². The van der Waals surface area contributed by atoms with Crippen molar-refractivity contribution < 1.29 is 14.3 Å². The molecule has 1 N–H and O–H groups in total. The molecule has 0 radical (unpaired) electrons. The fourth-order valence-electron chi connectivity index (χ4n) is 4.58. The minimum absolute atomic E-state index is 0.203. The van der Waals surface area contributed by atoms with E-state index in [9.17, 15) is 4.79 Å².